The Kier molecular flexibility index (Phi) is 6.25. The van der Waals surface area contributed by atoms with Crippen molar-refractivity contribution in [3.8, 4) is 45.1 Å². The largest absolute Gasteiger partial charge is 0.457 e. The van der Waals surface area contributed by atoms with Crippen molar-refractivity contribution >= 4 is 0 Å². The highest BCUT2D eigenvalue weighted by atomic mass is 16.5. The van der Waals surface area contributed by atoms with Gasteiger partial charge in [-0.25, -0.2) is 9.36 Å². The van der Waals surface area contributed by atoms with Crippen LogP contribution in [0.15, 0.2) is 97.6 Å². The third-order valence-corrected chi connectivity index (χ3v) is 6.86. The lowest BCUT2D eigenvalue weighted by Crippen LogP contribution is -2.00. The average Bonchev–Trinajstić information content (AvgIpc) is 3.43. The van der Waals surface area contributed by atoms with E-state index in [0.717, 1.165) is 67.9 Å². The summed E-state index contributed by atoms with van der Waals surface area (Å²) < 4.78 is 10.2. The van der Waals surface area contributed by atoms with Gasteiger partial charge in [0, 0.05) is 65.0 Å². The molecule has 0 aliphatic rings. The molecule has 0 radical (unpaired) electrons. The van der Waals surface area contributed by atoms with Gasteiger partial charge in [0.15, 0.2) is 0 Å². The molecule has 0 bridgehead atoms. The first-order chi connectivity index (χ1) is 19.0. The third-order valence-electron chi connectivity index (χ3n) is 6.86. The number of ether oxygens (including phenoxy) is 1. The van der Waals surface area contributed by atoms with E-state index in [-0.39, 0.29) is 0 Å². The predicted molar refractivity (Wildman–Crippen MR) is 153 cm³/mol. The number of aryl methyl sites for hydroxylation is 2. The van der Waals surface area contributed by atoms with Gasteiger partial charge in [0.05, 0.1) is 22.8 Å². The van der Waals surface area contributed by atoms with Gasteiger partial charge in [0.1, 0.15) is 11.5 Å². The standard InChI is InChI=1S/C32H28N6O/c1-21-31(25-13-16-33-17-14-25)23(3)37(35-21)27-9-5-11-29(18-27)39-30-12-6-10-28(19-30)38-24(4)32(22(2)36-38)26-8-7-15-34-20-26/h5-20H,1-4H3. The van der Waals surface area contributed by atoms with E-state index in [9.17, 15) is 0 Å². The summed E-state index contributed by atoms with van der Waals surface area (Å²) in [7, 11) is 0. The molecule has 2 aromatic carbocycles. The quantitative estimate of drug-likeness (QED) is 0.236. The summed E-state index contributed by atoms with van der Waals surface area (Å²) in [4.78, 5) is 8.42. The van der Waals surface area contributed by atoms with E-state index in [1.165, 1.54) is 0 Å². The fourth-order valence-corrected chi connectivity index (χ4v) is 5.15. The first kappa shape index (κ1) is 24.3. The van der Waals surface area contributed by atoms with Crippen LogP contribution in [0.25, 0.3) is 33.6 Å². The molecule has 0 unspecified atom stereocenters. The van der Waals surface area contributed by atoms with E-state index < -0.39 is 0 Å². The highest BCUT2D eigenvalue weighted by Gasteiger charge is 2.17. The topological polar surface area (TPSA) is 70.7 Å². The maximum Gasteiger partial charge on any atom is 0.129 e. The summed E-state index contributed by atoms with van der Waals surface area (Å²) in [6, 6.07) is 24.0. The molecule has 0 spiro atoms. The number of nitrogens with zero attached hydrogens (tertiary/aromatic N) is 6. The first-order valence-electron chi connectivity index (χ1n) is 12.8. The summed E-state index contributed by atoms with van der Waals surface area (Å²) in [5.74, 6) is 1.46. The molecule has 6 rings (SSSR count). The van der Waals surface area contributed by atoms with Crippen LogP contribution in [-0.2, 0) is 0 Å². The summed E-state index contributed by atoms with van der Waals surface area (Å²) in [6.07, 6.45) is 7.26. The molecule has 39 heavy (non-hydrogen) atoms. The predicted octanol–water partition coefficient (Wildman–Crippen LogP) is 7.21. The number of pyridine rings is 2. The van der Waals surface area contributed by atoms with Crippen molar-refractivity contribution < 1.29 is 4.74 Å². The minimum absolute atomic E-state index is 0.728. The van der Waals surface area contributed by atoms with Crippen LogP contribution in [0.4, 0.5) is 0 Å². The van der Waals surface area contributed by atoms with Gasteiger partial charge in [-0.3, -0.25) is 9.97 Å². The van der Waals surface area contributed by atoms with Crippen molar-refractivity contribution in [2.24, 2.45) is 0 Å². The normalized spacial score (nSPS) is 11.1. The van der Waals surface area contributed by atoms with Crippen molar-refractivity contribution in [3.05, 3.63) is 120 Å². The fraction of sp³-hybridized carbons (Fsp3) is 0.125. The molecular formula is C32H28N6O. The average molecular weight is 513 g/mol. The molecule has 0 saturated carbocycles. The number of aromatic nitrogens is 6. The van der Waals surface area contributed by atoms with Crippen molar-refractivity contribution in [2.75, 3.05) is 0 Å². The zero-order valence-electron chi connectivity index (χ0n) is 22.3. The third kappa shape index (κ3) is 4.59. The summed E-state index contributed by atoms with van der Waals surface area (Å²) in [5, 5.41) is 9.65. The van der Waals surface area contributed by atoms with Crippen LogP contribution in [0.2, 0.25) is 0 Å². The summed E-state index contributed by atoms with van der Waals surface area (Å²) >= 11 is 0. The van der Waals surface area contributed by atoms with Gasteiger partial charge in [0.25, 0.3) is 0 Å². The smallest absolute Gasteiger partial charge is 0.129 e. The van der Waals surface area contributed by atoms with Gasteiger partial charge in [-0.1, -0.05) is 18.2 Å². The van der Waals surface area contributed by atoms with E-state index in [0.29, 0.717) is 0 Å². The maximum atomic E-state index is 6.33. The molecule has 4 heterocycles. The second-order valence-electron chi connectivity index (χ2n) is 9.49. The molecule has 0 aliphatic carbocycles. The molecule has 0 amide bonds. The Bertz CT molecular complexity index is 1640. The van der Waals surface area contributed by atoms with Crippen LogP contribution in [0.3, 0.4) is 0 Å². The highest BCUT2D eigenvalue weighted by molar-refractivity contribution is 5.69. The monoisotopic (exact) mass is 512 g/mol. The minimum atomic E-state index is 0.728. The van der Waals surface area contributed by atoms with Crippen LogP contribution < -0.4 is 4.74 Å². The molecule has 6 aromatic rings. The molecule has 192 valence electrons. The Labute approximate surface area is 227 Å². The van der Waals surface area contributed by atoms with Gasteiger partial charge in [0.2, 0.25) is 0 Å². The van der Waals surface area contributed by atoms with Crippen molar-refractivity contribution in [2.45, 2.75) is 27.7 Å². The van der Waals surface area contributed by atoms with Gasteiger partial charge >= 0.3 is 0 Å². The number of benzene rings is 2. The van der Waals surface area contributed by atoms with E-state index in [1.54, 1.807) is 18.6 Å². The van der Waals surface area contributed by atoms with Crippen molar-refractivity contribution in [1.82, 2.24) is 29.5 Å². The second kappa shape index (κ2) is 10.0. The molecule has 0 aliphatic heterocycles. The fourth-order valence-electron chi connectivity index (χ4n) is 5.15. The summed E-state index contributed by atoms with van der Waals surface area (Å²) in [5.41, 5.74) is 10.3. The Morgan fingerprint density at radius 2 is 1.13 bits per heavy atom. The Morgan fingerprint density at radius 3 is 1.67 bits per heavy atom. The highest BCUT2D eigenvalue weighted by Crippen LogP contribution is 2.32. The Morgan fingerprint density at radius 1 is 0.564 bits per heavy atom. The second-order valence-corrected chi connectivity index (χ2v) is 9.49. The van der Waals surface area contributed by atoms with Gasteiger partial charge in [-0.2, -0.15) is 10.2 Å². The molecule has 0 fully saturated rings. The zero-order chi connectivity index (χ0) is 26.9. The molecule has 7 nitrogen and oxygen atoms in total. The van der Waals surface area contributed by atoms with E-state index in [1.807, 2.05) is 96.1 Å². The van der Waals surface area contributed by atoms with E-state index in [4.69, 9.17) is 14.9 Å². The van der Waals surface area contributed by atoms with Crippen LogP contribution in [0.1, 0.15) is 22.8 Å². The van der Waals surface area contributed by atoms with Gasteiger partial charge in [-0.15, -0.1) is 0 Å². The van der Waals surface area contributed by atoms with Crippen LogP contribution >= 0.6 is 0 Å². The lowest BCUT2D eigenvalue weighted by Gasteiger charge is -2.11. The molecule has 0 atom stereocenters. The number of hydrogen-bond donors (Lipinski definition) is 0. The SMILES string of the molecule is Cc1nn(-c2cccc(Oc3cccc(-n4nc(C)c(-c5cccnc5)c4C)c3)c2)c(C)c1-c1ccncc1. The lowest BCUT2D eigenvalue weighted by molar-refractivity contribution is 0.481. The van der Waals surface area contributed by atoms with Gasteiger partial charge in [-0.05, 0) is 75.7 Å². The lowest BCUT2D eigenvalue weighted by atomic mass is 10.1. The summed E-state index contributed by atoms with van der Waals surface area (Å²) in [6.45, 7) is 8.22. The molecule has 0 saturated heterocycles. The van der Waals surface area contributed by atoms with Crippen molar-refractivity contribution in [1.29, 1.82) is 0 Å². The maximum absolute atomic E-state index is 6.33. The van der Waals surface area contributed by atoms with Crippen molar-refractivity contribution in [3.63, 3.8) is 0 Å². The van der Waals surface area contributed by atoms with Crippen LogP contribution in [-0.4, -0.2) is 29.5 Å². The minimum Gasteiger partial charge on any atom is -0.457 e. The Hall–Kier alpha value is -5.04. The molecule has 4 aromatic heterocycles. The van der Waals surface area contributed by atoms with Gasteiger partial charge < -0.3 is 4.74 Å². The molecule has 7 heteroatoms. The molecular weight excluding hydrogens is 484 g/mol. The Balaban J connectivity index is 1.30. The first-order valence-corrected chi connectivity index (χ1v) is 12.8. The number of hydrogen-bond acceptors (Lipinski definition) is 5. The zero-order valence-corrected chi connectivity index (χ0v) is 22.3. The number of rotatable bonds is 6. The van der Waals surface area contributed by atoms with Crippen LogP contribution in [0, 0.1) is 27.7 Å². The van der Waals surface area contributed by atoms with E-state index in [2.05, 4.69) is 29.9 Å². The van der Waals surface area contributed by atoms with E-state index >= 15 is 0 Å². The van der Waals surface area contributed by atoms with Crippen LogP contribution in [0.5, 0.6) is 11.5 Å². The molecule has 0 N–H and O–H groups in total.